The number of ether oxygens (including phenoxy) is 2. The first-order valence-corrected chi connectivity index (χ1v) is 9.37. The van der Waals surface area contributed by atoms with E-state index in [0.717, 1.165) is 16.9 Å². The number of aliphatic hydroxyl groups excluding tert-OH is 1. The second-order valence-corrected chi connectivity index (χ2v) is 6.91. The second kappa shape index (κ2) is 8.55. The SMILES string of the molecule is CCC(C(=O)N1C(O)OC[C@H]1c1ccccc1)[C@H](C)c1ccc(OC)cc1. The molecule has 2 unspecified atom stereocenters. The van der Waals surface area contributed by atoms with Crippen molar-refractivity contribution in [2.75, 3.05) is 13.7 Å². The maximum Gasteiger partial charge on any atom is 0.240 e. The van der Waals surface area contributed by atoms with Crippen LogP contribution < -0.4 is 4.74 Å². The molecule has 0 spiro atoms. The van der Waals surface area contributed by atoms with Gasteiger partial charge in [0.15, 0.2) is 0 Å². The van der Waals surface area contributed by atoms with Crippen molar-refractivity contribution in [3.63, 3.8) is 0 Å². The van der Waals surface area contributed by atoms with Crippen molar-refractivity contribution in [1.29, 1.82) is 0 Å². The van der Waals surface area contributed by atoms with Gasteiger partial charge in [0.1, 0.15) is 5.75 Å². The molecule has 1 aliphatic rings. The Bertz CT molecular complexity index is 747. The molecule has 0 aliphatic carbocycles. The molecule has 0 aromatic heterocycles. The normalized spacial score (nSPS) is 21.7. The van der Waals surface area contributed by atoms with E-state index in [1.165, 1.54) is 4.90 Å². The van der Waals surface area contributed by atoms with Crippen molar-refractivity contribution in [3.8, 4) is 5.75 Å². The van der Waals surface area contributed by atoms with Crippen molar-refractivity contribution in [1.82, 2.24) is 4.90 Å². The lowest BCUT2D eigenvalue weighted by Crippen LogP contribution is -2.42. The van der Waals surface area contributed by atoms with Gasteiger partial charge in [-0.3, -0.25) is 9.69 Å². The Hall–Kier alpha value is -2.37. The summed E-state index contributed by atoms with van der Waals surface area (Å²) in [6.45, 7) is 4.35. The molecule has 4 atom stereocenters. The molecule has 0 bridgehead atoms. The highest BCUT2D eigenvalue weighted by molar-refractivity contribution is 5.80. The van der Waals surface area contributed by atoms with Crippen LogP contribution in [0.4, 0.5) is 0 Å². The van der Waals surface area contributed by atoms with Gasteiger partial charge >= 0.3 is 0 Å². The summed E-state index contributed by atoms with van der Waals surface area (Å²) in [5.74, 6) is 0.469. The molecular formula is C22H27NO4. The minimum Gasteiger partial charge on any atom is -0.497 e. The number of amides is 1. The number of rotatable bonds is 6. The van der Waals surface area contributed by atoms with Gasteiger partial charge in [0, 0.05) is 5.92 Å². The third kappa shape index (κ3) is 3.99. The van der Waals surface area contributed by atoms with E-state index in [1.807, 2.05) is 61.5 Å². The third-order valence-electron chi connectivity index (χ3n) is 5.42. The van der Waals surface area contributed by atoms with Crippen LogP contribution in [0.1, 0.15) is 43.4 Å². The number of aliphatic hydroxyl groups is 1. The number of methoxy groups -OCH3 is 1. The van der Waals surface area contributed by atoms with Crippen molar-refractivity contribution in [2.45, 2.75) is 38.6 Å². The Labute approximate surface area is 160 Å². The van der Waals surface area contributed by atoms with E-state index in [1.54, 1.807) is 7.11 Å². The molecule has 0 saturated carbocycles. The second-order valence-electron chi connectivity index (χ2n) is 6.91. The molecule has 27 heavy (non-hydrogen) atoms. The molecule has 0 radical (unpaired) electrons. The van der Waals surface area contributed by atoms with E-state index >= 15 is 0 Å². The fourth-order valence-electron chi connectivity index (χ4n) is 3.76. The predicted octanol–water partition coefficient (Wildman–Crippen LogP) is 3.70. The average Bonchev–Trinajstić information content (AvgIpc) is 3.10. The van der Waals surface area contributed by atoms with E-state index < -0.39 is 6.41 Å². The summed E-state index contributed by atoms with van der Waals surface area (Å²) in [6.07, 6.45) is -0.531. The Morgan fingerprint density at radius 1 is 1.22 bits per heavy atom. The molecule has 3 rings (SSSR count). The molecule has 1 N–H and O–H groups in total. The van der Waals surface area contributed by atoms with Crippen molar-refractivity contribution in [3.05, 3.63) is 65.7 Å². The minimum absolute atomic E-state index is 0.0117. The van der Waals surface area contributed by atoms with Crippen LogP contribution in [0.3, 0.4) is 0 Å². The Kier molecular flexibility index (Phi) is 6.14. The smallest absolute Gasteiger partial charge is 0.240 e. The van der Waals surface area contributed by atoms with Crippen molar-refractivity contribution >= 4 is 5.91 Å². The first-order chi connectivity index (χ1) is 13.1. The summed E-state index contributed by atoms with van der Waals surface area (Å²) < 4.78 is 10.6. The summed E-state index contributed by atoms with van der Waals surface area (Å²) in [5, 5.41) is 10.3. The fourth-order valence-corrected chi connectivity index (χ4v) is 3.76. The summed E-state index contributed by atoms with van der Waals surface area (Å²) >= 11 is 0. The molecule has 1 amide bonds. The molecule has 1 aliphatic heterocycles. The minimum atomic E-state index is -1.21. The molecule has 1 fully saturated rings. The molecule has 2 aromatic carbocycles. The third-order valence-corrected chi connectivity index (χ3v) is 5.42. The summed E-state index contributed by atoms with van der Waals surface area (Å²) in [4.78, 5) is 14.9. The number of nitrogens with zero attached hydrogens (tertiary/aromatic N) is 1. The van der Waals surface area contributed by atoms with Gasteiger partial charge in [-0.1, -0.05) is 56.3 Å². The lowest BCUT2D eigenvalue weighted by atomic mass is 9.84. The van der Waals surface area contributed by atoms with E-state index in [0.29, 0.717) is 13.0 Å². The number of carbonyl (C=O) groups excluding carboxylic acids is 1. The van der Waals surface area contributed by atoms with Crippen LogP contribution in [0, 0.1) is 5.92 Å². The zero-order valence-corrected chi connectivity index (χ0v) is 16.0. The maximum absolute atomic E-state index is 13.4. The zero-order valence-electron chi connectivity index (χ0n) is 16.0. The van der Waals surface area contributed by atoms with Gasteiger partial charge < -0.3 is 14.6 Å². The van der Waals surface area contributed by atoms with Gasteiger partial charge in [0.2, 0.25) is 12.3 Å². The van der Waals surface area contributed by atoms with Gasteiger partial charge in [0.25, 0.3) is 0 Å². The highest BCUT2D eigenvalue weighted by atomic mass is 16.6. The number of carbonyl (C=O) groups is 1. The Balaban J connectivity index is 1.83. The van der Waals surface area contributed by atoms with Gasteiger partial charge in [-0.2, -0.15) is 0 Å². The summed E-state index contributed by atoms with van der Waals surface area (Å²) in [5.41, 5.74) is 2.04. The molecular weight excluding hydrogens is 342 g/mol. The molecule has 5 heteroatoms. The van der Waals surface area contributed by atoms with E-state index in [9.17, 15) is 9.90 Å². The quantitative estimate of drug-likeness (QED) is 0.843. The van der Waals surface area contributed by atoms with Gasteiger partial charge in [0.05, 0.1) is 19.8 Å². The van der Waals surface area contributed by atoms with E-state index in [2.05, 4.69) is 6.92 Å². The lowest BCUT2D eigenvalue weighted by Gasteiger charge is -2.32. The van der Waals surface area contributed by atoms with Crippen LogP contribution >= 0.6 is 0 Å². The highest BCUT2D eigenvalue weighted by Crippen LogP contribution is 2.36. The van der Waals surface area contributed by atoms with Gasteiger partial charge in [-0.05, 0) is 35.6 Å². The average molecular weight is 369 g/mol. The zero-order chi connectivity index (χ0) is 19.4. The van der Waals surface area contributed by atoms with Crippen LogP contribution in [-0.4, -0.2) is 36.0 Å². The topological polar surface area (TPSA) is 59.0 Å². The standard InChI is InChI=1S/C22H27NO4/c1-4-19(15(2)16-10-12-18(26-3)13-11-16)21(24)23-20(14-27-22(23)25)17-8-6-5-7-9-17/h5-13,15,19-20,22,25H,4,14H2,1-3H3/t15-,19?,20+,22?/m1/s1. The summed E-state index contributed by atoms with van der Waals surface area (Å²) in [6, 6.07) is 17.2. The van der Waals surface area contributed by atoms with Crippen LogP contribution in [-0.2, 0) is 9.53 Å². The molecule has 1 saturated heterocycles. The van der Waals surface area contributed by atoms with Gasteiger partial charge in [-0.15, -0.1) is 0 Å². The first kappa shape index (κ1) is 19.4. The fraction of sp³-hybridized carbons (Fsp3) is 0.409. The molecule has 144 valence electrons. The van der Waals surface area contributed by atoms with Crippen LogP contribution in [0.25, 0.3) is 0 Å². The van der Waals surface area contributed by atoms with Gasteiger partial charge in [-0.25, -0.2) is 0 Å². The molecule has 2 aromatic rings. The van der Waals surface area contributed by atoms with Crippen LogP contribution in [0.15, 0.2) is 54.6 Å². The maximum atomic E-state index is 13.4. The van der Waals surface area contributed by atoms with E-state index in [4.69, 9.17) is 9.47 Å². The van der Waals surface area contributed by atoms with Crippen molar-refractivity contribution < 1.29 is 19.4 Å². The largest absolute Gasteiger partial charge is 0.497 e. The lowest BCUT2D eigenvalue weighted by molar-refractivity contribution is -0.169. The Morgan fingerprint density at radius 3 is 2.48 bits per heavy atom. The van der Waals surface area contributed by atoms with Crippen LogP contribution in [0.5, 0.6) is 5.75 Å². The highest BCUT2D eigenvalue weighted by Gasteiger charge is 2.41. The Morgan fingerprint density at radius 2 is 1.89 bits per heavy atom. The van der Waals surface area contributed by atoms with Crippen LogP contribution in [0.2, 0.25) is 0 Å². The summed E-state index contributed by atoms with van der Waals surface area (Å²) in [7, 11) is 1.63. The predicted molar refractivity (Wildman–Crippen MR) is 103 cm³/mol. The van der Waals surface area contributed by atoms with E-state index in [-0.39, 0.29) is 23.8 Å². The molecule has 1 heterocycles. The molecule has 5 nitrogen and oxygen atoms in total. The number of hydrogen-bond acceptors (Lipinski definition) is 4. The monoisotopic (exact) mass is 369 g/mol. The number of hydrogen-bond donors (Lipinski definition) is 1. The first-order valence-electron chi connectivity index (χ1n) is 9.37. The van der Waals surface area contributed by atoms with Crippen molar-refractivity contribution in [2.24, 2.45) is 5.92 Å². The number of benzene rings is 2.